The molecule has 2 aromatic heterocycles. The van der Waals surface area contributed by atoms with Crippen molar-refractivity contribution in [2.45, 2.75) is 25.3 Å². The second-order valence-corrected chi connectivity index (χ2v) is 8.72. The van der Waals surface area contributed by atoms with Crippen LogP contribution in [0.15, 0.2) is 40.5 Å². The first-order valence-electron chi connectivity index (χ1n) is 8.04. The predicted octanol–water partition coefficient (Wildman–Crippen LogP) is 1.93. The summed E-state index contributed by atoms with van der Waals surface area (Å²) < 4.78 is 29.3. The normalized spacial score (nSPS) is 11.9. The van der Waals surface area contributed by atoms with Crippen molar-refractivity contribution in [2.24, 2.45) is 4.99 Å². The first-order valence-corrected chi connectivity index (χ1v) is 10.3. The number of sulfonamides is 1. The zero-order valence-electron chi connectivity index (χ0n) is 15.2. The standard InChI is InChI=1S/C16H25N5O2S2.HI/c1-13-12-15(14(2)24-13)25(22,23)20-7-6-18-16(17-3)19-8-11-21-9-4-5-10-21;/h4-5,9-10,12,20H,6-8,11H2,1-3H3,(H2,17,18,19);1H. The number of aromatic nitrogens is 1. The van der Waals surface area contributed by atoms with Crippen LogP contribution in [0.4, 0.5) is 0 Å². The van der Waals surface area contributed by atoms with Gasteiger partial charge in [0.2, 0.25) is 10.0 Å². The molecule has 7 nitrogen and oxygen atoms in total. The molecule has 2 rings (SSSR count). The van der Waals surface area contributed by atoms with E-state index < -0.39 is 10.0 Å². The van der Waals surface area contributed by atoms with E-state index in [-0.39, 0.29) is 30.5 Å². The summed E-state index contributed by atoms with van der Waals surface area (Å²) in [5.74, 6) is 0.647. The van der Waals surface area contributed by atoms with Crippen molar-refractivity contribution in [3.63, 3.8) is 0 Å². The van der Waals surface area contributed by atoms with E-state index in [9.17, 15) is 8.42 Å². The van der Waals surface area contributed by atoms with Gasteiger partial charge in [0.1, 0.15) is 0 Å². The Bertz CT molecular complexity index is 801. The molecule has 0 amide bonds. The number of rotatable bonds is 8. The fourth-order valence-corrected chi connectivity index (χ4v) is 4.95. The van der Waals surface area contributed by atoms with Crippen LogP contribution in [0, 0.1) is 13.8 Å². The van der Waals surface area contributed by atoms with Gasteiger partial charge in [-0.1, -0.05) is 0 Å². The van der Waals surface area contributed by atoms with Gasteiger partial charge < -0.3 is 15.2 Å². The third-order valence-electron chi connectivity index (χ3n) is 3.55. The average Bonchev–Trinajstić information content (AvgIpc) is 3.19. The van der Waals surface area contributed by atoms with Crippen molar-refractivity contribution in [3.05, 3.63) is 40.3 Å². The van der Waals surface area contributed by atoms with Crippen molar-refractivity contribution in [3.8, 4) is 0 Å². The largest absolute Gasteiger partial charge is 0.355 e. The van der Waals surface area contributed by atoms with E-state index in [0.717, 1.165) is 22.8 Å². The molecular weight excluding hydrogens is 485 g/mol. The summed E-state index contributed by atoms with van der Waals surface area (Å²) in [7, 11) is -1.78. The lowest BCUT2D eigenvalue weighted by molar-refractivity contribution is 0.580. The Balaban J connectivity index is 0.00000338. The molecule has 146 valence electrons. The molecule has 2 heterocycles. The molecule has 26 heavy (non-hydrogen) atoms. The van der Waals surface area contributed by atoms with Gasteiger partial charge in [-0.25, -0.2) is 13.1 Å². The Labute approximate surface area is 176 Å². The van der Waals surface area contributed by atoms with Crippen LogP contribution in [0.2, 0.25) is 0 Å². The van der Waals surface area contributed by atoms with Gasteiger partial charge in [-0.15, -0.1) is 35.3 Å². The monoisotopic (exact) mass is 511 g/mol. The lowest BCUT2D eigenvalue weighted by Crippen LogP contribution is -2.42. The number of thiophene rings is 1. The molecule has 0 unspecified atom stereocenters. The fourth-order valence-electron chi connectivity index (χ4n) is 2.36. The maximum Gasteiger partial charge on any atom is 0.241 e. The van der Waals surface area contributed by atoms with Crippen molar-refractivity contribution < 1.29 is 8.42 Å². The summed E-state index contributed by atoms with van der Waals surface area (Å²) in [6, 6.07) is 5.67. The zero-order valence-corrected chi connectivity index (χ0v) is 19.1. The predicted molar refractivity (Wildman–Crippen MR) is 118 cm³/mol. The number of hydrogen-bond acceptors (Lipinski definition) is 4. The molecule has 0 spiro atoms. The number of halogens is 1. The van der Waals surface area contributed by atoms with Gasteiger partial charge >= 0.3 is 0 Å². The first kappa shape index (κ1) is 22.9. The molecule has 0 fully saturated rings. The summed E-state index contributed by atoms with van der Waals surface area (Å²) in [5.41, 5.74) is 0. The molecule has 0 aliphatic rings. The van der Waals surface area contributed by atoms with E-state index >= 15 is 0 Å². The molecular formula is C16H26IN5O2S2. The molecule has 0 radical (unpaired) electrons. The number of nitrogens with one attached hydrogen (secondary N) is 3. The Morgan fingerprint density at radius 3 is 2.38 bits per heavy atom. The van der Waals surface area contributed by atoms with Gasteiger partial charge in [0.15, 0.2) is 5.96 Å². The van der Waals surface area contributed by atoms with E-state index in [1.165, 1.54) is 11.3 Å². The van der Waals surface area contributed by atoms with Crippen LogP contribution in [-0.4, -0.2) is 45.6 Å². The first-order chi connectivity index (χ1) is 11.9. The molecule has 0 aromatic carbocycles. The molecule has 3 N–H and O–H groups in total. The Kier molecular flexibility index (Phi) is 9.61. The summed E-state index contributed by atoms with van der Waals surface area (Å²) in [6.07, 6.45) is 4.00. The maximum atomic E-state index is 12.3. The number of guanidine groups is 1. The Morgan fingerprint density at radius 2 is 1.81 bits per heavy atom. The third-order valence-corrected chi connectivity index (χ3v) is 6.23. The highest BCUT2D eigenvalue weighted by atomic mass is 127. The summed E-state index contributed by atoms with van der Waals surface area (Å²) in [6.45, 7) is 6.02. The second kappa shape index (κ2) is 10.9. The van der Waals surface area contributed by atoms with E-state index in [4.69, 9.17) is 0 Å². The summed E-state index contributed by atoms with van der Waals surface area (Å²) >= 11 is 1.49. The van der Waals surface area contributed by atoms with E-state index in [1.807, 2.05) is 38.4 Å². The van der Waals surface area contributed by atoms with Crippen LogP contribution in [0.3, 0.4) is 0 Å². The molecule has 0 aliphatic heterocycles. The second-order valence-electron chi connectivity index (χ2n) is 5.52. The van der Waals surface area contributed by atoms with Gasteiger partial charge in [0.05, 0.1) is 4.90 Å². The van der Waals surface area contributed by atoms with Crippen LogP contribution in [-0.2, 0) is 16.6 Å². The quantitative estimate of drug-likeness (QED) is 0.219. The Hall–Kier alpha value is -1.11. The SMILES string of the molecule is CN=C(NCCNS(=O)(=O)c1cc(C)sc1C)NCCn1cccc1.I. The van der Waals surface area contributed by atoms with Crippen LogP contribution in [0.5, 0.6) is 0 Å². The van der Waals surface area contributed by atoms with Gasteiger partial charge in [0, 0.05) is 55.4 Å². The third kappa shape index (κ3) is 6.89. The molecule has 0 saturated carbocycles. The van der Waals surface area contributed by atoms with Crippen LogP contribution < -0.4 is 15.4 Å². The Morgan fingerprint density at radius 1 is 1.15 bits per heavy atom. The van der Waals surface area contributed by atoms with Crippen molar-refractivity contribution in [1.29, 1.82) is 0 Å². The smallest absolute Gasteiger partial charge is 0.241 e. The van der Waals surface area contributed by atoms with Gasteiger partial charge in [0.25, 0.3) is 0 Å². The molecule has 0 aliphatic carbocycles. The molecule has 0 saturated heterocycles. The van der Waals surface area contributed by atoms with Gasteiger partial charge in [-0.2, -0.15) is 0 Å². The topological polar surface area (TPSA) is 87.5 Å². The summed E-state index contributed by atoms with van der Waals surface area (Å²) in [5, 5.41) is 6.29. The molecule has 2 aromatic rings. The van der Waals surface area contributed by atoms with Gasteiger partial charge in [-0.3, -0.25) is 4.99 Å². The molecule has 0 atom stereocenters. The summed E-state index contributed by atoms with van der Waals surface area (Å²) in [4.78, 5) is 6.29. The minimum Gasteiger partial charge on any atom is -0.355 e. The van der Waals surface area contributed by atoms with Crippen molar-refractivity contribution >= 4 is 51.3 Å². The highest BCUT2D eigenvalue weighted by Crippen LogP contribution is 2.24. The fraction of sp³-hybridized carbons (Fsp3) is 0.438. The number of aliphatic imine (C=N–C) groups is 1. The number of nitrogens with zero attached hydrogens (tertiary/aromatic N) is 2. The highest BCUT2D eigenvalue weighted by Gasteiger charge is 2.18. The van der Waals surface area contributed by atoms with Crippen molar-refractivity contribution in [2.75, 3.05) is 26.7 Å². The van der Waals surface area contributed by atoms with Gasteiger partial charge in [-0.05, 0) is 32.0 Å². The molecule has 10 heteroatoms. The van der Waals surface area contributed by atoms with Crippen molar-refractivity contribution in [1.82, 2.24) is 19.9 Å². The highest BCUT2D eigenvalue weighted by molar-refractivity contribution is 14.0. The zero-order chi connectivity index (χ0) is 18.3. The minimum atomic E-state index is -3.46. The minimum absolute atomic E-state index is 0. The van der Waals surface area contributed by atoms with E-state index in [0.29, 0.717) is 17.4 Å². The van der Waals surface area contributed by atoms with E-state index in [2.05, 4.69) is 24.9 Å². The van der Waals surface area contributed by atoms with E-state index in [1.54, 1.807) is 13.1 Å². The van der Waals surface area contributed by atoms with Crippen LogP contribution >= 0.6 is 35.3 Å². The van der Waals surface area contributed by atoms with Crippen LogP contribution in [0.25, 0.3) is 0 Å². The molecule has 0 bridgehead atoms. The maximum absolute atomic E-state index is 12.3. The van der Waals surface area contributed by atoms with Crippen LogP contribution in [0.1, 0.15) is 9.75 Å². The number of aryl methyl sites for hydroxylation is 2. The number of hydrogen-bond donors (Lipinski definition) is 3. The average molecular weight is 511 g/mol. The lowest BCUT2D eigenvalue weighted by atomic mass is 10.4. The lowest BCUT2D eigenvalue weighted by Gasteiger charge is -2.13.